The van der Waals surface area contributed by atoms with Crippen molar-refractivity contribution in [3.8, 4) is 0 Å². The van der Waals surface area contributed by atoms with Gasteiger partial charge < -0.3 is 14.5 Å². The largest absolute Gasteiger partial charge is 0.378 e. The van der Waals surface area contributed by atoms with Crippen molar-refractivity contribution in [3.63, 3.8) is 0 Å². The van der Waals surface area contributed by atoms with Crippen molar-refractivity contribution in [1.82, 2.24) is 19.2 Å². The molecule has 9 nitrogen and oxygen atoms in total. The molecule has 2 fully saturated rings. The third-order valence-electron chi connectivity index (χ3n) is 6.14. The van der Waals surface area contributed by atoms with Crippen LogP contribution >= 0.6 is 11.8 Å². The third kappa shape index (κ3) is 5.27. The van der Waals surface area contributed by atoms with Crippen LogP contribution in [-0.4, -0.2) is 91.7 Å². The Morgan fingerprint density at radius 3 is 2.17 bits per heavy atom. The summed E-state index contributed by atoms with van der Waals surface area (Å²) in [5, 5.41) is 0.726. The maximum absolute atomic E-state index is 13.0. The van der Waals surface area contributed by atoms with Gasteiger partial charge in [0.25, 0.3) is 0 Å². The van der Waals surface area contributed by atoms with Gasteiger partial charge in [-0.2, -0.15) is 4.31 Å². The van der Waals surface area contributed by atoms with Gasteiger partial charge >= 0.3 is 0 Å². The Hall–Kier alpha value is -2.73. The molecule has 2 aliphatic heterocycles. The molecule has 0 spiro atoms. The molecule has 0 atom stereocenters. The molecule has 2 aliphatic rings. The van der Waals surface area contributed by atoms with Gasteiger partial charge in [0.05, 0.1) is 34.9 Å². The lowest BCUT2D eigenvalue weighted by Crippen LogP contribution is -2.50. The summed E-state index contributed by atoms with van der Waals surface area (Å²) >= 11 is 1.38. The van der Waals surface area contributed by atoms with Gasteiger partial charge in [0.1, 0.15) is 5.03 Å². The van der Waals surface area contributed by atoms with Gasteiger partial charge in [0, 0.05) is 39.3 Å². The minimum Gasteiger partial charge on any atom is -0.378 e. The van der Waals surface area contributed by atoms with Crippen LogP contribution in [0.2, 0.25) is 0 Å². The van der Waals surface area contributed by atoms with Crippen molar-refractivity contribution in [1.29, 1.82) is 0 Å². The number of para-hydroxylation sites is 2. The molecule has 1 amide bonds. The highest BCUT2D eigenvalue weighted by molar-refractivity contribution is 8.00. The summed E-state index contributed by atoms with van der Waals surface area (Å²) in [4.78, 5) is 26.8. The third-order valence-corrected chi connectivity index (χ3v) is 8.99. The van der Waals surface area contributed by atoms with Gasteiger partial charge in [-0.25, -0.2) is 18.4 Å². The predicted molar refractivity (Wildman–Crippen MR) is 135 cm³/mol. The normalized spacial score (nSPS) is 17.6. The van der Waals surface area contributed by atoms with Gasteiger partial charge in [-0.15, -0.1) is 0 Å². The summed E-state index contributed by atoms with van der Waals surface area (Å²) in [6, 6.07) is 16.1. The van der Waals surface area contributed by atoms with Crippen LogP contribution in [0.4, 0.5) is 5.82 Å². The Labute approximate surface area is 209 Å². The minimum atomic E-state index is -3.55. The Kier molecular flexibility index (Phi) is 7.19. The highest BCUT2D eigenvalue weighted by Crippen LogP contribution is 2.30. The van der Waals surface area contributed by atoms with Crippen LogP contribution in [0.1, 0.15) is 0 Å². The van der Waals surface area contributed by atoms with Crippen LogP contribution in [-0.2, 0) is 19.6 Å². The van der Waals surface area contributed by atoms with Crippen molar-refractivity contribution >= 4 is 44.5 Å². The van der Waals surface area contributed by atoms with Crippen molar-refractivity contribution in [2.45, 2.75) is 9.92 Å². The molecule has 0 N–H and O–H groups in total. The summed E-state index contributed by atoms with van der Waals surface area (Å²) in [6.45, 7) is 4.02. The molecule has 0 unspecified atom stereocenters. The Bertz CT molecular complexity index is 1290. The van der Waals surface area contributed by atoms with E-state index in [0.717, 1.165) is 35.0 Å². The number of thioether (sulfide) groups is 1. The number of morpholine rings is 1. The van der Waals surface area contributed by atoms with Crippen LogP contribution in [0.5, 0.6) is 0 Å². The number of sulfonamides is 1. The van der Waals surface area contributed by atoms with Crippen LogP contribution in [0.25, 0.3) is 11.0 Å². The van der Waals surface area contributed by atoms with Crippen LogP contribution in [0.3, 0.4) is 0 Å². The fourth-order valence-electron chi connectivity index (χ4n) is 4.19. The highest BCUT2D eigenvalue weighted by atomic mass is 32.2. The number of rotatable bonds is 6. The second-order valence-electron chi connectivity index (χ2n) is 8.33. The molecular formula is C24H27N5O4S2. The van der Waals surface area contributed by atoms with E-state index in [-0.39, 0.29) is 29.6 Å². The number of carbonyl (C=O) groups excluding carboxylic acids is 1. The Morgan fingerprint density at radius 1 is 0.857 bits per heavy atom. The van der Waals surface area contributed by atoms with Gasteiger partial charge in [-0.3, -0.25) is 4.79 Å². The van der Waals surface area contributed by atoms with Crippen molar-refractivity contribution in [2.24, 2.45) is 0 Å². The second-order valence-corrected chi connectivity index (χ2v) is 11.2. The number of benzene rings is 2. The molecule has 2 saturated heterocycles. The van der Waals surface area contributed by atoms with Gasteiger partial charge in [0.2, 0.25) is 15.9 Å². The SMILES string of the molecule is O=C(CSc1nc2ccccc2nc1N1CCOCC1)N1CCN(S(=O)(=O)c2ccccc2)CC1. The molecular weight excluding hydrogens is 486 g/mol. The van der Waals surface area contributed by atoms with E-state index in [0.29, 0.717) is 26.3 Å². The first-order valence-corrected chi connectivity index (χ1v) is 14.0. The average molecular weight is 514 g/mol. The van der Waals surface area contributed by atoms with E-state index in [1.54, 1.807) is 35.2 Å². The van der Waals surface area contributed by atoms with Crippen LogP contribution < -0.4 is 4.90 Å². The minimum absolute atomic E-state index is 0.0327. The molecule has 11 heteroatoms. The Balaban J connectivity index is 1.25. The number of nitrogens with zero attached hydrogens (tertiary/aromatic N) is 5. The number of piperazine rings is 1. The molecule has 0 saturated carbocycles. The second kappa shape index (κ2) is 10.5. The summed E-state index contributed by atoms with van der Waals surface area (Å²) in [5.41, 5.74) is 1.61. The van der Waals surface area contributed by atoms with Gasteiger partial charge in [-0.05, 0) is 24.3 Å². The highest BCUT2D eigenvalue weighted by Gasteiger charge is 2.30. The zero-order valence-corrected chi connectivity index (χ0v) is 20.9. The van der Waals surface area contributed by atoms with Gasteiger partial charge in [-0.1, -0.05) is 42.1 Å². The van der Waals surface area contributed by atoms with Crippen molar-refractivity contribution < 1.29 is 17.9 Å². The molecule has 2 aromatic carbocycles. The van der Waals surface area contributed by atoms with Crippen molar-refractivity contribution in [3.05, 3.63) is 54.6 Å². The van der Waals surface area contributed by atoms with E-state index in [1.165, 1.54) is 16.1 Å². The molecule has 184 valence electrons. The van der Waals surface area contributed by atoms with E-state index in [1.807, 2.05) is 24.3 Å². The number of amides is 1. The number of anilines is 1. The van der Waals surface area contributed by atoms with E-state index in [4.69, 9.17) is 14.7 Å². The number of aromatic nitrogens is 2. The molecule has 1 aromatic heterocycles. The van der Waals surface area contributed by atoms with E-state index in [9.17, 15) is 13.2 Å². The maximum atomic E-state index is 13.0. The molecule has 5 rings (SSSR count). The molecule has 0 aliphatic carbocycles. The van der Waals surface area contributed by atoms with Crippen LogP contribution in [0, 0.1) is 0 Å². The fraction of sp³-hybridized carbons (Fsp3) is 0.375. The quantitative estimate of drug-likeness (QED) is 0.463. The first-order chi connectivity index (χ1) is 17.0. The Morgan fingerprint density at radius 2 is 1.49 bits per heavy atom. The summed E-state index contributed by atoms with van der Waals surface area (Å²) in [6.07, 6.45) is 0. The maximum Gasteiger partial charge on any atom is 0.243 e. The van der Waals surface area contributed by atoms with E-state index < -0.39 is 10.0 Å². The number of fused-ring (bicyclic) bond motifs is 1. The topological polar surface area (TPSA) is 95.9 Å². The first-order valence-electron chi connectivity index (χ1n) is 11.6. The lowest BCUT2D eigenvalue weighted by Gasteiger charge is -2.34. The lowest BCUT2D eigenvalue weighted by molar-refractivity contribution is -0.129. The molecule has 35 heavy (non-hydrogen) atoms. The lowest BCUT2D eigenvalue weighted by atomic mass is 10.3. The summed E-state index contributed by atoms with van der Waals surface area (Å²) in [7, 11) is -3.55. The fourth-order valence-corrected chi connectivity index (χ4v) is 6.55. The smallest absolute Gasteiger partial charge is 0.243 e. The monoisotopic (exact) mass is 513 g/mol. The van der Waals surface area contributed by atoms with E-state index in [2.05, 4.69) is 4.90 Å². The standard InChI is InChI=1S/C24H27N5O4S2/c30-22(27-10-12-29(13-11-27)35(31,32)19-6-2-1-3-7-19)18-34-24-23(28-14-16-33-17-15-28)25-20-8-4-5-9-21(20)26-24/h1-9H,10-18H2. The van der Waals surface area contributed by atoms with Gasteiger partial charge in [0.15, 0.2) is 5.82 Å². The predicted octanol–water partition coefficient (Wildman–Crippen LogP) is 2.09. The number of hydrogen-bond donors (Lipinski definition) is 0. The zero-order valence-electron chi connectivity index (χ0n) is 19.2. The molecule has 0 radical (unpaired) electrons. The number of hydrogen-bond acceptors (Lipinski definition) is 8. The molecule has 0 bridgehead atoms. The molecule has 3 heterocycles. The summed E-state index contributed by atoms with van der Waals surface area (Å²) < 4.78 is 32.6. The summed E-state index contributed by atoms with van der Waals surface area (Å²) in [5.74, 6) is 0.966. The average Bonchev–Trinajstić information content (AvgIpc) is 2.92. The van der Waals surface area contributed by atoms with Crippen molar-refractivity contribution in [2.75, 3.05) is 63.1 Å². The van der Waals surface area contributed by atoms with E-state index >= 15 is 0 Å². The number of carbonyl (C=O) groups is 1. The first kappa shape index (κ1) is 24.0. The zero-order chi connectivity index (χ0) is 24.3. The molecule has 3 aromatic rings. The number of ether oxygens (including phenoxy) is 1. The van der Waals surface area contributed by atoms with Crippen LogP contribution in [0.15, 0.2) is 64.5 Å².